The van der Waals surface area contributed by atoms with Gasteiger partial charge in [-0.1, -0.05) is 18.2 Å². The molecule has 0 bridgehead atoms. The average Bonchev–Trinajstić information content (AvgIpc) is 3.11. The summed E-state index contributed by atoms with van der Waals surface area (Å²) in [5.41, 5.74) is 0.501. The highest BCUT2D eigenvalue weighted by molar-refractivity contribution is 6.06. The molecule has 0 radical (unpaired) electrons. The molecule has 0 saturated heterocycles. The van der Waals surface area contributed by atoms with Crippen LogP contribution >= 0.6 is 0 Å². The number of nitro benzene ring substituents is 1. The number of benzene rings is 2. The van der Waals surface area contributed by atoms with E-state index in [2.05, 4.69) is 5.10 Å². The van der Waals surface area contributed by atoms with Crippen molar-refractivity contribution in [3.8, 4) is 5.69 Å². The van der Waals surface area contributed by atoms with Crippen molar-refractivity contribution in [3.05, 3.63) is 91.6 Å². The van der Waals surface area contributed by atoms with Crippen LogP contribution in [0.1, 0.15) is 21.7 Å². The van der Waals surface area contributed by atoms with Gasteiger partial charge in [-0.25, -0.2) is 9.07 Å². The van der Waals surface area contributed by atoms with Crippen LogP contribution in [-0.4, -0.2) is 27.2 Å². The molecule has 1 aliphatic rings. The number of rotatable bonds is 3. The fourth-order valence-electron chi connectivity index (χ4n) is 3.38. The van der Waals surface area contributed by atoms with Crippen LogP contribution in [0.25, 0.3) is 5.69 Å². The molecule has 146 valence electrons. The number of hydrogen-bond acceptors (Lipinski definition) is 5. The van der Waals surface area contributed by atoms with Crippen molar-refractivity contribution >= 4 is 17.3 Å². The van der Waals surface area contributed by atoms with E-state index < -0.39 is 22.1 Å². The third kappa shape index (κ3) is 3.16. The highest BCUT2D eigenvalue weighted by atomic mass is 19.1. The van der Waals surface area contributed by atoms with Gasteiger partial charge in [0.2, 0.25) is 5.43 Å². The number of halogens is 1. The van der Waals surface area contributed by atoms with E-state index in [0.29, 0.717) is 17.8 Å². The first-order valence-corrected chi connectivity index (χ1v) is 8.82. The van der Waals surface area contributed by atoms with Gasteiger partial charge >= 0.3 is 0 Å². The predicted octanol–water partition coefficient (Wildman–Crippen LogP) is 2.79. The van der Waals surface area contributed by atoms with Crippen LogP contribution < -0.4 is 10.3 Å². The van der Waals surface area contributed by atoms with Gasteiger partial charge in [-0.3, -0.25) is 19.7 Å². The van der Waals surface area contributed by atoms with Crippen LogP contribution in [0.15, 0.2) is 53.3 Å². The number of aryl methyl sites for hydroxylation is 1. The summed E-state index contributed by atoms with van der Waals surface area (Å²) < 4.78 is 15.4. The Morgan fingerprint density at radius 2 is 1.93 bits per heavy atom. The SMILES string of the molecule is Cc1cc(=O)c(C(=O)N2CCc3ccc([N+](=O)[O-])cc32)nn1-c1ccccc1F. The van der Waals surface area contributed by atoms with Crippen molar-refractivity contribution in [2.24, 2.45) is 0 Å². The Kier molecular flexibility index (Phi) is 4.42. The number of non-ortho nitro benzene ring substituents is 1. The Balaban J connectivity index is 1.79. The van der Waals surface area contributed by atoms with Gasteiger partial charge in [0.15, 0.2) is 5.69 Å². The second kappa shape index (κ2) is 6.93. The monoisotopic (exact) mass is 394 g/mol. The standard InChI is InChI=1S/C20H15FN4O4/c1-12-10-18(26)19(22-24(12)16-5-3-2-4-15(16)21)20(27)23-9-8-13-6-7-14(25(28)29)11-17(13)23/h2-7,10-11H,8-9H2,1H3. The van der Waals surface area contributed by atoms with E-state index in [4.69, 9.17) is 0 Å². The largest absolute Gasteiger partial charge is 0.306 e. The lowest BCUT2D eigenvalue weighted by atomic mass is 10.1. The quantitative estimate of drug-likeness (QED) is 0.503. The number of nitrogens with zero attached hydrogens (tertiary/aromatic N) is 4. The average molecular weight is 394 g/mol. The van der Waals surface area contributed by atoms with Crippen molar-refractivity contribution in [1.82, 2.24) is 9.78 Å². The molecule has 1 amide bonds. The normalized spacial score (nSPS) is 12.7. The van der Waals surface area contributed by atoms with Gasteiger partial charge in [0, 0.05) is 30.4 Å². The first kappa shape index (κ1) is 18.5. The van der Waals surface area contributed by atoms with Crippen LogP contribution in [0.4, 0.5) is 15.8 Å². The van der Waals surface area contributed by atoms with E-state index in [1.54, 1.807) is 19.1 Å². The topological polar surface area (TPSA) is 98.3 Å². The molecule has 0 N–H and O–H groups in total. The number of hydrogen-bond donors (Lipinski definition) is 0. The van der Waals surface area contributed by atoms with Crippen molar-refractivity contribution in [2.75, 3.05) is 11.4 Å². The van der Waals surface area contributed by atoms with Crippen LogP contribution in [0.5, 0.6) is 0 Å². The number of amides is 1. The molecule has 0 spiro atoms. The van der Waals surface area contributed by atoms with Gasteiger partial charge in [0.1, 0.15) is 11.5 Å². The van der Waals surface area contributed by atoms with Crippen molar-refractivity contribution in [1.29, 1.82) is 0 Å². The Hall–Kier alpha value is -3.88. The van der Waals surface area contributed by atoms with Gasteiger partial charge in [0.05, 0.1) is 10.6 Å². The van der Waals surface area contributed by atoms with Crippen molar-refractivity contribution in [2.45, 2.75) is 13.3 Å². The minimum absolute atomic E-state index is 0.108. The van der Waals surface area contributed by atoms with Crippen molar-refractivity contribution < 1.29 is 14.1 Å². The summed E-state index contributed by atoms with van der Waals surface area (Å²) in [7, 11) is 0. The number of carbonyl (C=O) groups excluding carboxylic acids is 1. The minimum atomic E-state index is -0.681. The molecule has 2 heterocycles. The molecule has 0 atom stereocenters. The van der Waals surface area contributed by atoms with Gasteiger partial charge in [-0.2, -0.15) is 5.10 Å². The van der Waals surface area contributed by atoms with Crippen LogP contribution in [0, 0.1) is 22.9 Å². The van der Waals surface area contributed by atoms with E-state index in [0.717, 1.165) is 5.56 Å². The number of nitro groups is 1. The molecule has 29 heavy (non-hydrogen) atoms. The van der Waals surface area contributed by atoms with E-state index in [9.17, 15) is 24.1 Å². The Labute approximate surface area is 164 Å². The van der Waals surface area contributed by atoms with Gasteiger partial charge < -0.3 is 4.90 Å². The first-order chi connectivity index (χ1) is 13.9. The van der Waals surface area contributed by atoms with E-state index in [1.807, 2.05) is 0 Å². The van der Waals surface area contributed by atoms with Gasteiger partial charge in [-0.15, -0.1) is 0 Å². The number of fused-ring (bicyclic) bond motifs is 1. The number of carbonyl (C=O) groups is 1. The zero-order valence-electron chi connectivity index (χ0n) is 15.3. The molecule has 2 aromatic carbocycles. The minimum Gasteiger partial charge on any atom is -0.306 e. The second-order valence-corrected chi connectivity index (χ2v) is 6.64. The Morgan fingerprint density at radius 1 is 1.17 bits per heavy atom. The van der Waals surface area contributed by atoms with Gasteiger partial charge in [0.25, 0.3) is 11.6 Å². The maximum Gasteiger partial charge on any atom is 0.282 e. The molecule has 1 aliphatic heterocycles. The fourth-order valence-corrected chi connectivity index (χ4v) is 3.38. The maximum atomic E-state index is 14.2. The zero-order chi connectivity index (χ0) is 20.7. The molecule has 0 fully saturated rings. The predicted molar refractivity (Wildman–Crippen MR) is 103 cm³/mol. The molecule has 0 saturated carbocycles. The second-order valence-electron chi connectivity index (χ2n) is 6.64. The molecular weight excluding hydrogens is 379 g/mol. The summed E-state index contributed by atoms with van der Waals surface area (Å²) in [6, 6.07) is 11.4. The number of anilines is 1. The number of para-hydroxylation sites is 1. The molecule has 4 rings (SSSR count). The van der Waals surface area contributed by atoms with Crippen LogP contribution in [-0.2, 0) is 6.42 Å². The third-order valence-corrected chi connectivity index (χ3v) is 4.81. The molecular formula is C20H15FN4O4. The maximum absolute atomic E-state index is 14.2. The number of aromatic nitrogens is 2. The molecule has 3 aromatic rings. The lowest BCUT2D eigenvalue weighted by Gasteiger charge is -2.18. The van der Waals surface area contributed by atoms with Crippen molar-refractivity contribution in [3.63, 3.8) is 0 Å². The molecule has 1 aromatic heterocycles. The van der Waals surface area contributed by atoms with Gasteiger partial charge in [-0.05, 0) is 31.0 Å². The summed E-state index contributed by atoms with van der Waals surface area (Å²) >= 11 is 0. The van der Waals surface area contributed by atoms with E-state index in [-0.39, 0.29) is 23.6 Å². The third-order valence-electron chi connectivity index (χ3n) is 4.81. The molecule has 8 nitrogen and oxygen atoms in total. The first-order valence-electron chi connectivity index (χ1n) is 8.82. The lowest BCUT2D eigenvalue weighted by Crippen LogP contribution is -2.35. The summed E-state index contributed by atoms with van der Waals surface area (Å²) in [5.74, 6) is -1.23. The summed E-state index contributed by atoms with van der Waals surface area (Å²) in [6.07, 6.45) is 0.506. The highest BCUT2D eigenvalue weighted by Gasteiger charge is 2.30. The summed E-state index contributed by atoms with van der Waals surface area (Å²) in [5, 5.41) is 15.2. The summed E-state index contributed by atoms with van der Waals surface area (Å²) in [4.78, 5) is 37.4. The molecule has 0 aliphatic carbocycles. The molecule has 9 heteroatoms. The fraction of sp³-hybridized carbons (Fsp3) is 0.150. The van der Waals surface area contributed by atoms with Crippen LogP contribution in [0.3, 0.4) is 0 Å². The Morgan fingerprint density at radius 3 is 2.66 bits per heavy atom. The summed E-state index contributed by atoms with van der Waals surface area (Å²) in [6.45, 7) is 1.85. The Bertz CT molecular complexity index is 1220. The van der Waals surface area contributed by atoms with E-state index in [1.165, 1.54) is 46.0 Å². The van der Waals surface area contributed by atoms with Crippen LogP contribution in [0.2, 0.25) is 0 Å². The lowest BCUT2D eigenvalue weighted by molar-refractivity contribution is -0.384. The van der Waals surface area contributed by atoms with E-state index >= 15 is 0 Å². The molecule has 0 unspecified atom stereocenters. The highest BCUT2D eigenvalue weighted by Crippen LogP contribution is 2.32. The zero-order valence-corrected chi connectivity index (χ0v) is 15.3. The smallest absolute Gasteiger partial charge is 0.282 e.